The van der Waals surface area contributed by atoms with E-state index in [0.29, 0.717) is 25.2 Å². The predicted octanol–water partition coefficient (Wildman–Crippen LogP) is 2.00. The average Bonchev–Trinajstić information content (AvgIpc) is 2.43. The first kappa shape index (κ1) is 17.3. The van der Waals surface area contributed by atoms with Crippen molar-refractivity contribution in [1.29, 1.82) is 0 Å². The fourth-order valence-corrected chi connectivity index (χ4v) is 4.44. The Hall–Kier alpha value is -1.02. The highest BCUT2D eigenvalue weighted by Gasteiger charge is 2.34. The van der Waals surface area contributed by atoms with Crippen molar-refractivity contribution in [2.24, 2.45) is 0 Å². The van der Waals surface area contributed by atoms with Crippen LogP contribution in [0.3, 0.4) is 0 Å². The average molecular weight is 330 g/mol. The molecule has 1 heterocycles. The van der Waals surface area contributed by atoms with Crippen molar-refractivity contribution in [2.75, 3.05) is 19.6 Å². The lowest BCUT2D eigenvalue weighted by Gasteiger charge is -2.37. The molecule has 2 atom stereocenters. The molecule has 1 fully saturated rings. The number of rotatable bonds is 5. The molecule has 0 amide bonds. The highest BCUT2D eigenvalue weighted by molar-refractivity contribution is 7.86. The van der Waals surface area contributed by atoms with Gasteiger partial charge in [-0.15, -0.1) is 0 Å². The fourth-order valence-electron chi connectivity index (χ4n) is 2.68. The monoisotopic (exact) mass is 330 g/mol. The normalized spacial score (nSPS) is 23.9. The van der Waals surface area contributed by atoms with Crippen LogP contribution >= 0.6 is 0 Å². The highest BCUT2D eigenvalue weighted by Crippen LogP contribution is 2.19. The van der Waals surface area contributed by atoms with Crippen LogP contribution < -0.4 is 0 Å². The summed E-state index contributed by atoms with van der Waals surface area (Å²) in [6, 6.07) is 6.03. The Morgan fingerprint density at radius 1 is 1.32 bits per heavy atom. The molecule has 1 aromatic carbocycles. The van der Waals surface area contributed by atoms with Crippen LogP contribution in [0.1, 0.15) is 26.3 Å². The number of halogens is 1. The largest absolute Gasteiger partial charge is 0.373 e. The van der Waals surface area contributed by atoms with Gasteiger partial charge in [-0.05, 0) is 31.5 Å². The quantitative estimate of drug-likeness (QED) is 0.830. The molecule has 1 aliphatic heterocycles. The second-order valence-electron chi connectivity index (χ2n) is 5.64. The van der Waals surface area contributed by atoms with E-state index in [1.54, 1.807) is 19.1 Å². The molecular formula is C15H23FN2O3S. The van der Waals surface area contributed by atoms with Gasteiger partial charge in [0.25, 0.3) is 10.2 Å². The van der Waals surface area contributed by atoms with Gasteiger partial charge in [0.15, 0.2) is 0 Å². The first-order valence-corrected chi connectivity index (χ1v) is 8.87. The Labute approximate surface area is 131 Å². The number of benzene rings is 1. The van der Waals surface area contributed by atoms with E-state index in [1.165, 1.54) is 20.7 Å². The van der Waals surface area contributed by atoms with E-state index in [1.807, 2.05) is 13.8 Å². The Morgan fingerprint density at radius 2 is 1.95 bits per heavy atom. The number of morpholine rings is 1. The van der Waals surface area contributed by atoms with Crippen LogP contribution in [0, 0.1) is 5.82 Å². The van der Waals surface area contributed by atoms with Crippen LogP contribution in [-0.2, 0) is 21.5 Å². The topological polar surface area (TPSA) is 49.9 Å². The molecule has 124 valence electrons. The molecule has 0 aromatic heterocycles. The molecule has 0 bridgehead atoms. The van der Waals surface area contributed by atoms with E-state index < -0.39 is 10.2 Å². The van der Waals surface area contributed by atoms with Crippen molar-refractivity contribution in [1.82, 2.24) is 8.61 Å². The molecule has 0 radical (unpaired) electrons. The van der Waals surface area contributed by atoms with Gasteiger partial charge in [0, 0.05) is 26.2 Å². The third-order valence-corrected chi connectivity index (χ3v) is 5.63. The zero-order valence-electron chi connectivity index (χ0n) is 13.2. The van der Waals surface area contributed by atoms with E-state index in [9.17, 15) is 12.8 Å². The molecule has 22 heavy (non-hydrogen) atoms. The molecule has 1 saturated heterocycles. The maximum absolute atomic E-state index is 13.3. The summed E-state index contributed by atoms with van der Waals surface area (Å²) in [7, 11) is -3.59. The van der Waals surface area contributed by atoms with Crippen LogP contribution in [0.25, 0.3) is 0 Å². The summed E-state index contributed by atoms with van der Waals surface area (Å²) < 4.78 is 47.3. The zero-order chi connectivity index (χ0) is 16.3. The van der Waals surface area contributed by atoms with Gasteiger partial charge in [0.2, 0.25) is 0 Å². The number of hydrogen-bond donors (Lipinski definition) is 0. The van der Waals surface area contributed by atoms with Gasteiger partial charge in [0.1, 0.15) is 5.82 Å². The van der Waals surface area contributed by atoms with Gasteiger partial charge in [-0.25, -0.2) is 4.39 Å². The molecule has 2 unspecified atom stereocenters. The highest BCUT2D eigenvalue weighted by atomic mass is 32.2. The van der Waals surface area contributed by atoms with Crippen LogP contribution in [0.15, 0.2) is 24.3 Å². The zero-order valence-corrected chi connectivity index (χ0v) is 14.0. The first-order valence-electron chi connectivity index (χ1n) is 7.48. The smallest absolute Gasteiger partial charge is 0.282 e. The Morgan fingerprint density at radius 3 is 2.50 bits per heavy atom. The summed E-state index contributed by atoms with van der Waals surface area (Å²) in [5, 5.41) is 0. The summed E-state index contributed by atoms with van der Waals surface area (Å²) in [5.41, 5.74) is 0.639. The molecule has 5 nitrogen and oxygen atoms in total. The second kappa shape index (κ2) is 7.04. The third kappa shape index (κ3) is 4.04. The third-order valence-electron chi connectivity index (χ3n) is 3.64. The summed E-state index contributed by atoms with van der Waals surface area (Å²) >= 11 is 0. The number of hydrogen-bond acceptors (Lipinski definition) is 3. The summed E-state index contributed by atoms with van der Waals surface area (Å²) in [5.74, 6) is -0.362. The van der Waals surface area contributed by atoms with E-state index >= 15 is 0 Å². The first-order chi connectivity index (χ1) is 10.3. The molecule has 0 aliphatic carbocycles. The molecule has 1 aromatic rings. The van der Waals surface area contributed by atoms with Crippen molar-refractivity contribution < 1.29 is 17.5 Å². The molecule has 0 saturated carbocycles. The lowest BCUT2D eigenvalue weighted by Crippen LogP contribution is -2.52. The molecule has 0 N–H and O–H groups in total. The van der Waals surface area contributed by atoms with E-state index in [-0.39, 0.29) is 24.6 Å². The number of nitrogens with zero attached hydrogens (tertiary/aromatic N) is 2. The Bertz CT molecular complexity index is 599. The lowest BCUT2D eigenvalue weighted by atomic mass is 10.2. The standard InChI is InChI=1S/C15H23FN2O3S/c1-4-17(11-14-6-5-7-15(16)8-14)22(19,20)18-9-12(2)21-13(3)10-18/h5-8,12-13H,4,9-11H2,1-3H3. The summed E-state index contributed by atoms with van der Waals surface area (Å²) in [6.07, 6.45) is -0.266. The van der Waals surface area contributed by atoms with Gasteiger partial charge in [-0.1, -0.05) is 19.1 Å². The summed E-state index contributed by atoms with van der Waals surface area (Å²) in [6.45, 7) is 6.68. The Balaban J connectivity index is 2.17. The van der Waals surface area contributed by atoms with E-state index in [2.05, 4.69) is 0 Å². The maximum Gasteiger partial charge on any atom is 0.282 e. The minimum absolute atomic E-state index is 0.133. The van der Waals surface area contributed by atoms with Crippen molar-refractivity contribution in [3.63, 3.8) is 0 Å². The Kier molecular flexibility index (Phi) is 5.55. The summed E-state index contributed by atoms with van der Waals surface area (Å²) in [4.78, 5) is 0. The van der Waals surface area contributed by atoms with Crippen molar-refractivity contribution in [3.05, 3.63) is 35.6 Å². The second-order valence-corrected chi connectivity index (χ2v) is 7.57. The lowest BCUT2D eigenvalue weighted by molar-refractivity contribution is -0.0455. The van der Waals surface area contributed by atoms with Crippen LogP contribution in [-0.4, -0.2) is 48.9 Å². The minimum Gasteiger partial charge on any atom is -0.373 e. The molecule has 2 rings (SSSR count). The van der Waals surface area contributed by atoms with E-state index in [0.717, 1.165) is 0 Å². The van der Waals surface area contributed by atoms with Gasteiger partial charge >= 0.3 is 0 Å². The molecule has 1 aliphatic rings. The van der Waals surface area contributed by atoms with Gasteiger partial charge in [0.05, 0.1) is 12.2 Å². The van der Waals surface area contributed by atoms with Gasteiger partial charge in [-0.3, -0.25) is 0 Å². The molecule has 7 heteroatoms. The van der Waals surface area contributed by atoms with E-state index in [4.69, 9.17) is 4.74 Å². The van der Waals surface area contributed by atoms with Gasteiger partial charge < -0.3 is 4.74 Å². The van der Waals surface area contributed by atoms with Gasteiger partial charge in [-0.2, -0.15) is 17.0 Å². The fraction of sp³-hybridized carbons (Fsp3) is 0.600. The molecular weight excluding hydrogens is 307 g/mol. The molecule has 0 spiro atoms. The number of ether oxygens (including phenoxy) is 1. The minimum atomic E-state index is -3.59. The van der Waals surface area contributed by atoms with Crippen LogP contribution in [0.4, 0.5) is 4.39 Å². The van der Waals surface area contributed by atoms with Crippen molar-refractivity contribution in [2.45, 2.75) is 39.5 Å². The predicted molar refractivity (Wildman–Crippen MR) is 83.0 cm³/mol. The van der Waals surface area contributed by atoms with Crippen molar-refractivity contribution in [3.8, 4) is 0 Å². The maximum atomic E-state index is 13.3. The van der Waals surface area contributed by atoms with Crippen molar-refractivity contribution >= 4 is 10.2 Å². The van der Waals surface area contributed by atoms with Crippen LogP contribution in [0.2, 0.25) is 0 Å². The SMILES string of the molecule is CCN(Cc1cccc(F)c1)S(=O)(=O)N1CC(C)OC(C)C1. The van der Waals surface area contributed by atoms with Crippen LogP contribution in [0.5, 0.6) is 0 Å².